The van der Waals surface area contributed by atoms with Gasteiger partial charge in [0.15, 0.2) is 12.4 Å². The molecule has 0 radical (unpaired) electrons. The average Bonchev–Trinajstić information content (AvgIpc) is 2.91. The first-order valence-corrected chi connectivity index (χ1v) is 14.3. The van der Waals surface area contributed by atoms with Gasteiger partial charge in [0, 0.05) is 54.0 Å². The van der Waals surface area contributed by atoms with Crippen LogP contribution in [0.5, 0.6) is 0 Å². The molecule has 4 rings (SSSR count). The van der Waals surface area contributed by atoms with Crippen LogP contribution in [0, 0.1) is 17.0 Å². The van der Waals surface area contributed by atoms with Crippen LogP contribution in [0.15, 0.2) is 80.7 Å². The number of non-ortho nitro benzene ring substituents is 1. The molecule has 40 heavy (non-hydrogen) atoms. The predicted octanol–water partition coefficient (Wildman–Crippen LogP) is 3.65. The average molecular weight is 605 g/mol. The van der Waals surface area contributed by atoms with E-state index < -0.39 is 32.2 Å². The number of fused-ring (bicyclic) bond motifs is 1. The van der Waals surface area contributed by atoms with Crippen molar-refractivity contribution in [1.29, 1.82) is 0 Å². The number of carbonyl (C=O) groups is 1. The molecule has 0 fully saturated rings. The summed E-state index contributed by atoms with van der Waals surface area (Å²) in [7, 11) is -0.173. The number of nitro benzene ring substituents is 1. The van der Waals surface area contributed by atoms with Gasteiger partial charge in [0.25, 0.3) is 15.7 Å². The lowest BCUT2D eigenvalue weighted by molar-refractivity contribution is -0.384. The highest BCUT2D eigenvalue weighted by Crippen LogP contribution is 2.40. The first-order chi connectivity index (χ1) is 18.9. The van der Waals surface area contributed by atoms with Gasteiger partial charge in [0.2, 0.25) is 0 Å². The molecular weight excluding hydrogens is 580 g/mol. The van der Waals surface area contributed by atoms with E-state index in [1.54, 1.807) is 6.92 Å². The van der Waals surface area contributed by atoms with E-state index in [-0.39, 0.29) is 32.7 Å². The number of carbonyl (C=O) groups excluding carboxylic acids is 1. The number of thioether (sulfide) groups is 1. The van der Waals surface area contributed by atoms with Crippen molar-refractivity contribution in [3.05, 3.63) is 92.8 Å². The van der Waals surface area contributed by atoms with E-state index in [0.717, 1.165) is 36.0 Å². The zero-order valence-corrected chi connectivity index (χ0v) is 24.3. The number of rotatable bonds is 6. The molecule has 0 saturated heterocycles. The second-order valence-corrected chi connectivity index (χ2v) is 11.4. The molecule has 1 N–H and O–H groups in total. The number of sulfonamides is 1. The summed E-state index contributed by atoms with van der Waals surface area (Å²) < 4.78 is 34.0. The molecule has 0 spiro atoms. The smallest absolute Gasteiger partial charge is 0.340 e. The van der Waals surface area contributed by atoms with Gasteiger partial charge in [-0.2, -0.15) is 12.8 Å². The molecule has 0 bridgehead atoms. The molecule has 1 aromatic heterocycles. The van der Waals surface area contributed by atoms with Crippen LogP contribution >= 0.6 is 23.4 Å². The minimum atomic E-state index is -4.22. The first-order valence-electron chi connectivity index (χ1n) is 11.7. The Balaban J connectivity index is 0.000000415. The Kier molecular flexibility index (Phi) is 9.90. The molecule has 210 valence electrons. The van der Waals surface area contributed by atoms with Gasteiger partial charge in [-0.1, -0.05) is 29.1 Å². The summed E-state index contributed by atoms with van der Waals surface area (Å²) in [6.07, 6.45) is 3.82. The molecule has 0 aliphatic carbocycles. The zero-order chi connectivity index (χ0) is 29.6. The third-order valence-corrected chi connectivity index (χ3v) is 8.41. The number of pyridine rings is 1. The number of hydrogen-bond acceptors (Lipinski definition) is 9. The van der Waals surface area contributed by atoms with Crippen LogP contribution < -0.4 is 15.0 Å². The van der Waals surface area contributed by atoms with E-state index in [4.69, 9.17) is 16.3 Å². The predicted molar refractivity (Wildman–Crippen MR) is 151 cm³/mol. The maximum absolute atomic E-state index is 13.1. The number of nitro groups is 1. The van der Waals surface area contributed by atoms with Crippen molar-refractivity contribution in [3.8, 4) is 0 Å². The Morgan fingerprint density at radius 1 is 1.15 bits per heavy atom. The number of nitrogens with zero attached hydrogens (tertiary/aromatic N) is 3. The molecular formula is C26H25ClN4O7S2. The summed E-state index contributed by atoms with van der Waals surface area (Å²) in [6, 6.07) is 11.4. The minimum Gasteiger partial charge on any atom is -0.871 e. The maximum Gasteiger partial charge on any atom is 0.340 e. The fourth-order valence-electron chi connectivity index (χ4n) is 3.33. The molecule has 2 heterocycles. The standard InChI is InChI=1S/C19H15ClN2O7S2.C7H10N2/c1-3-29-19(24)16(17(23)11-4-6-12(7-5-11)22(25)26)18-21-31(27,28)15-8-10(2)13(20)9-14(15)30-18;1-9(2)7-3-5-8-6-4-7/h4-9,23H,3H2,1-2H3;3-6H,1-2H3/b17-16-;. The van der Waals surface area contributed by atoms with Gasteiger partial charge in [0.1, 0.15) is 9.94 Å². The molecule has 3 aromatic rings. The van der Waals surface area contributed by atoms with Crippen molar-refractivity contribution in [2.24, 2.45) is 4.40 Å². The van der Waals surface area contributed by atoms with Gasteiger partial charge in [-0.25, -0.2) is 9.78 Å². The van der Waals surface area contributed by atoms with E-state index in [9.17, 15) is 28.4 Å². The Bertz CT molecular complexity index is 1590. The molecule has 1 aliphatic rings. The lowest BCUT2D eigenvalue weighted by Gasteiger charge is -2.22. The lowest BCUT2D eigenvalue weighted by Crippen LogP contribution is -2.23. The molecule has 0 atom stereocenters. The number of aryl methyl sites for hydroxylation is 1. The van der Waals surface area contributed by atoms with Gasteiger partial charge in [0.05, 0.1) is 17.1 Å². The molecule has 0 amide bonds. The monoisotopic (exact) mass is 604 g/mol. The first kappa shape index (κ1) is 30.6. The summed E-state index contributed by atoms with van der Waals surface area (Å²) in [5.41, 5.74) is 0.836. The highest BCUT2D eigenvalue weighted by Gasteiger charge is 2.31. The Morgan fingerprint density at radius 2 is 1.77 bits per heavy atom. The van der Waals surface area contributed by atoms with Crippen LogP contribution in [0.25, 0.3) is 5.76 Å². The van der Waals surface area contributed by atoms with E-state index >= 15 is 0 Å². The van der Waals surface area contributed by atoms with Gasteiger partial charge < -0.3 is 14.7 Å². The Labute approximate surface area is 240 Å². The summed E-state index contributed by atoms with van der Waals surface area (Å²) in [4.78, 5) is 27.9. The minimum absolute atomic E-state index is 0.0673. The van der Waals surface area contributed by atoms with Crippen molar-refractivity contribution in [2.75, 3.05) is 25.6 Å². The molecule has 11 nitrogen and oxygen atoms in total. The van der Waals surface area contributed by atoms with Gasteiger partial charge in [-0.3, -0.25) is 10.1 Å². The highest BCUT2D eigenvalue weighted by atomic mass is 35.5. The number of aromatic amines is 1. The largest absolute Gasteiger partial charge is 0.871 e. The van der Waals surface area contributed by atoms with E-state index in [2.05, 4.69) is 14.3 Å². The third kappa shape index (κ3) is 7.17. The number of nitrogens with one attached hydrogen (secondary N) is 1. The van der Waals surface area contributed by atoms with E-state index in [1.807, 2.05) is 38.6 Å². The van der Waals surface area contributed by atoms with Crippen molar-refractivity contribution in [1.82, 2.24) is 0 Å². The number of benzene rings is 2. The number of aromatic nitrogens is 1. The number of halogens is 1. The second kappa shape index (κ2) is 12.9. The summed E-state index contributed by atoms with van der Waals surface area (Å²) in [5.74, 6) is -1.94. The number of ether oxygens (including phenoxy) is 1. The normalized spacial score (nSPS) is 14.0. The molecule has 1 aliphatic heterocycles. The molecule has 0 unspecified atom stereocenters. The van der Waals surface area contributed by atoms with Crippen molar-refractivity contribution in [3.63, 3.8) is 0 Å². The Hall–Kier alpha value is -3.94. The van der Waals surface area contributed by atoms with Crippen LogP contribution in [0.4, 0.5) is 11.4 Å². The van der Waals surface area contributed by atoms with Crippen LogP contribution in [0.1, 0.15) is 18.1 Å². The zero-order valence-electron chi connectivity index (χ0n) is 21.9. The van der Waals surface area contributed by atoms with E-state index in [0.29, 0.717) is 10.6 Å². The van der Waals surface area contributed by atoms with Crippen molar-refractivity contribution >= 4 is 61.5 Å². The maximum atomic E-state index is 13.1. The van der Waals surface area contributed by atoms with Crippen LogP contribution in [0.3, 0.4) is 0 Å². The van der Waals surface area contributed by atoms with Gasteiger partial charge >= 0.3 is 5.97 Å². The quantitative estimate of drug-likeness (QED) is 0.135. The topological polar surface area (TPSA) is 156 Å². The lowest BCUT2D eigenvalue weighted by atomic mass is 10.1. The van der Waals surface area contributed by atoms with Gasteiger partial charge in [-0.15, -0.1) is 0 Å². The fourth-order valence-corrected chi connectivity index (χ4v) is 6.31. The number of esters is 1. The SMILES string of the molecule is CCOC(=O)/C(C1=NS(=O)(=O)c2cc(C)c(Cl)cc2S1)=C(\[O-])c1ccc([N+](=O)[O-])cc1.CN(C)c1cc[nH+]cc1. The fraction of sp³-hybridized carbons (Fsp3) is 0.192. The summed E-state index contributed by atoms with van der Waals surface area (Å²) in [5, 5.41) is 23.8. The highest BCUT2D eigenvalue weighted by molar-refractivity contribution is 8.16. The Morgan fingerprint density at radius 3 is 2.30 bits per heavy atom. The van der Waals surface area contributed by atoms with E-state index in [1.165, 1.54) is 24.7 Å². The van der Waals surface area contributed by atoms with Gasteiger partial charge in [-0.05, 0) is 49.2 Å². The second-order valence-electron chi connectivity index (χ2n) is 8.40. The van der Waals surface area contributed by atoms with Crippen LogP contribution in [-0.2, 0) is 19.6 Å². The third-order valence-electron chi connectivity index (χ3n) is 5.39. The number of hydrogen-bond donors (Lipinski definition) is 0. The van der Waals surface area contributed by atoms with Crippen molar-refractivity contribution < 1.29 is 33.0 Å². The molecule has 14 heteroatoms. The number of H-pyrrole nitrogens is 1. The van der Waals surface area contributed by atoms with Crippen LogP contribution in [-0.4, -0.2) is 45.1 Å². The number of anilines is 1. The van der Waals surface area contributed by atoms with Crippen LogP contribution in [0.2, 0.25) is 5.02 Å². The molecule has 2 aromatic carbocycles. The summed E-state index contributed by atoms with van der Waals surface area (Å²) in [6.45, 7) is 3.09. The van der Waals surface area contributed by atoms with Crippen molar-refractivity contribution in [2.45, 2.75) is 23.6 Å². The summed E-state index contributed by atoms with van der Waals surface area (Å²) >= 11 is 6.90. The molecule has 0 saturated carbocycles.